The SMILES string of the molecule is C/C(=C/c1cncc(Br)c1)CC1CCCCN1. The molecule has 0 aliphatic carbocycles. The summed E-state index contributed by atoms with van der Waals surface area (Å²) in [5, 5.41) is 3.58. The molecule has 1 unspecified atom stereocenters. The zero-order valence-electron chi connectivity index (χ0n) is 10.2. The number of pyridine rings is 1. The fourth-order valence-corrected chi connectivity index (χ4v) is 2.72. The van der Waals surface area contributed by atoms with Crippen LogP contribution in [0, 0.1) is 0 Å². The van der Waals surface area contributed by atoms with Gasteiger partial charge in [-0.1, -0.05) is 18.1 Å². The highest BCUT2D eigenvalue weighted by Gasteiger charge is 2.12. The molecule has 1 atom stereocenters. The van der Waals surface area contributed by atoms with Gasteiger partial charge in [-0.15, -0.1) is 0 Å². The first-order valence-corrected chi connectivity index (χ1v) is 7.04. The third kappa shape index (κ3) is 4.25. The lowest BCUT2D eigenvalue weighted by Crippen LogP contribution is -2.33. The maximum absolute atomic E-state index is 4.18. The van der Waals surface area contributed by atoms with Crippen LogP contribution in [0.4, 0.5) is 0 Å². The Labute approximate surface area is 112 Å². The van der Waals surface area contributed by atoms with Crippen LogP contribution in [0.25, 0.3) is 6.08 Å². The quantitative estimate of drug-likeness (QED) is 0.918. The summed E-state index contributed by atoms with van der Waals surface area (Å²) >= 11 is 3.45. The second kappa shape index (κ2) is 6.31. The molecule has 1 aromatic rings. The van der Waals surface area contributed by atoms with Crippen molar-refractivity contribution in [3.63, 3.8) is 0 Å². The summed E-state index contributed by atoms with van der Waals surface area (Å²) in [6.07, 6.45) is 11.1. The summed E-state index contributed by atoms with van der Waals surface area (Å²) < 4.78 is 1.04. The second-order valence-corrected chi connectivity index (χ2v) is 5.69. The van der Waals surface area contributed by atoms with Gasteiger partial charge in [0.15, 0.2) is 0 Å². The monoisotopic (exact) mass is 294 g/mol. The predicted octanol–water partition coefficient (Wildman–Crippen LogP) is 3.78. The standard InChI is InChI=1S/C14H19BrN2/c1-11(7-14-4-2-3-5-17-14)6-12-8-13(15)10-16-9-12/h6,8-10,14,17H,2-5,7H2,1H3/b11-6-. The van der Waals surface area contributed by atoms with Crippen molar-refractivity contribution in [2.24, 2.45) is 0 Å². The fourth-order valence-electron chi connectivity index (χ4n) is 2.34. The third-order valence-electron chi connectivity index (χ3n) is 3.12. The van der Waals surface area contributed by atoms with Gasteiger partial charge in [-0.05, 0) is 60.3 Å². The lowest BCUT2D eigenvalue weighted by molar-refractivity contribution is 0.399. The Balaban J connectivity index is 1.96. The van der Waals surface area contributed by atoms with Crippen molar-refractivity contribution < 1.29 is 0 Å². The van der Waals surface area contributed by atoms with Gasteiger partial charge in [0.1, 0.15) is 0 Å². The molecule has 1 N–H and O–H groups in total. The lowest BCUT2D eigenvalue weighted by atomic mass is 9.97. The summed E-state index contributed by atoms with van der Waals surface area (Å²) in [6, 6.07) is 2.77. The molecular weight excluding hydrogens is 276 g/mol. The van der Waals surface area contributed by atoms with E-state index in [-0.39, 0.29) is 0 Å². The van der Waals surface area contributed by atoms with E-state index in [1.165, 1.54) is 36.9 Å². The molecule has 0 saturated carbocycles. The van der Waals surface area contributed by atoms with E-state index in [4.69, 9.17) is 0 Å². The van der Waals surface area contributed by atoms with Crippen molar-refractivity contribution in [3.05, 3.63) is 34.1 Å². The molecular formula is C14H19BrN2. The van der Waals surface area contributed by atoms with E-state index in [0.29, 0.717) is 6.04 Å². The molecule has 1 fully saturated rings. The Hall–Kier alpha value is -0.670. The molecule has 2 nitrogen and oxygen atoms in total. The highest BCUT2D eigenvalue weighted by atomic mass is 79.9. The zero-order chi connectivity index (χ0) is 12.1. The van der Waals surface area contributed by atoms with E-state index >= 15 is 0 Å². The number of halogens is 1. The van der Waals surface area contributed by atoms with Crippen LogP contribution in [0.3, 0.4) is 0 Å². The van der Waals surface area contributed by atoms with Crippen molar-refractivity contribution in [1.82, 2.24) is 10.3 Å². The number of hydrogen-bond acceptors (Lipinski definition) is 2. The van der Waals surface area contributed by atoms with Gasteiger partial charge in [0.2, 0.25) is 0 Å². The van der Waals surface area contributed by atoms with Gasteiger partial charge < -0.3 is 5.32 Å². The highest BCUT2D eigenvalue weighted by Crippen LogP contribution is 2.18. The van der Waals surface area contributed by atoms with Gasteiger partial charge in [0, 0.05) is 22.9 Å². The average Bonchev–Trinajstić information content (AvgIpc) is 2.30. The minimum atomic E-state index is 0.667. The van der Waals surface area contributed by atoms with Crippen molar-refractivity contribution in [2.75, 3.05) is 6.54 Å². The molecule has 0 amide bonds. The van der Waals surface area contributed by atoms with E-state index in [9.17, 15) is 0 Å². The minimum absolute atomic E-state index is 0.667. The molecule has 0 bridgehead atoms. The number of aromatic nitrogens is 1. The Bertz CT molecular complexity index is 395. The molecule has 1 aliphatic heterocycles. The zero-order valence-corrected chi connectivity index (χ0v) is 11.8. The number of hydrogen-bond donors (Lipinski definition) is 1. The van der Waals surface area contributed by atoms with Gasteiger partial charge in [-0.3, -0.25) is 4.98 Å². The second-order valence-electron chi connectivity index (χ2n) is 4.78. The number of piperidine rings is 1. The van der Waals surface area contributed by atoms with Gasteiger partial charge in [-0.25, -0.2) is 0 Å². The highest BCUT2D eigenvalue weighted by molar-refractivity contribution is 9.10. The normalized spacial score (nSPS) is 21.5. The summed E-state index contributed by atoms with van der Waals surface area (Å²) in [5.41, 5.74) is 2.59. The van der Waals surface area contributed by atoms with Crippen LogP contribution < -0.4 is 5.32 Å². The van der Waals surface area contributed by atoms with E-state index < -0.39 is 0 Å². The Morgan fingerprint density at radius 2 is 2.41 bits per heavy atom. The number of rotatable bonds is 3. The maximum Gasteiger partial charge on any atom is 0.0410 e. The first kappa shape index (κ1) is 12.8. The van der Waals surface area contributed by atoms with Gasteiger partial charge >= 0.3 is 0 Å². The van der Waals surface area contributed by atoms with Crippen LogP contribution in [0.5, 0.6) is 0 Å². The molecule has 2 rings (SSSR count). The summed E-state index contributed by atoms with van der Waals surface area (Å²) in [4.78, 5) is 4.18. The van der Waals surface area contributed by atoms with Crippen molar-refractivity contribution >= 4 is 22.0 Å². The minimum Gasteiger partial charge on any atom is -0.314 e. The molecule has 1 aliphatic rings. The van der Waals surface area contributed by atoms with Crippen molar-refractivity contribution in [2.45, 2.75) is 38.6 Å². The first-order valence-electron chi connectivity index (χ1n) is 6.25. The van der Waals surface area contributed by atoms with Crippen LogP contribution in [0.15, 0.2) is 28.5 Å². The van der Waals surface area contributed by atoms with E-state index in [2.05, 4.69) is 45.3 Å². The molecule has 1 saturated heterocycles. The Kier molecular flexibility index (Phi) is 4.75. The van der Waals surface area contributed by atoms with E-state index in [1.807, 2.05) is 12.4 Å². The largest absolute Gasteiger partial charge is 0.314 e. The predicted molar refractivity (Wildman–Crippen MR) is 75.8 cm³/mol. The summed E-state index contributed by atoms with van der Waals surface area (Å²) in [6.45, 7) is 3.38. The molecule has 3 heteroatoms. The number of nitrogens with one attached hydrogen (secondary N) is 1. The molecule has 0 spiro atoms. The van der Waals surface area contributed by atoms with Crippen LogP contribution in [-0.4, -0.2) is 17.6 Å². The van der Waals surface area contributed by atoms with Crippen LogP contribution in [0.2, 0.25) is 0 Å². The molecule has 17 heavy (non-hydrogen) atoms. The summed E-state index contributed by atoms with van der Waals surface area (Å²) in [5.74, 6) is 0. The van der Waals surface area contributed by atoms with Crippen molar-refractivity contribution in [1.29, 1.82) is 0 Å². The van der Waals surface area contributed by atoms with Crippen LogP contribution in [0.1, 0.15) is 38.2 Å². The van der Waals surface area contributed by atoms with Gasteiger partial charge in [0.05, 0.1) is 0 Å². The first-order chi connectivity index (χ1) is 8.24. The van der Waals surface area contributed by atoms with E-state index in [1.54, 1.807) is 0 Å². The van der Waals surface area contributed by atoms with E-state index in [0.717, 1.165) is 10.9 Å². The van der Waals surface area contributed by atoms with Gasteiger partial charge in [-0.2, -0.15) is 0 Å². The Morgan fingerprint density at radius 1 is 1.53 bits per heavy atom. The number of nitrogens with zero attached hydrogens (tertiary/aromatic N) is 1. The average molecular weight is 295 g/mol. The van der Waals surface area contributed by atoms with Crippen molar-refractivity contribution in [3.8, 4) is 0 Å². The maximum atomic E-state index is 4.18. The van der Waals surface area contributed by atoms with Crippen LogP contribution >= 0.6 is 15.9 Å². The molecule has 92 valence electrons. The van der Waals surface area contributed by atoms with Crippen LogP contribution in [-0.2, 0) is 0 Å². The molecule has 0 radical (unpaired) electrons. The molecule has 0 aromatic carbocycles. The van der Waals surface area contributed by atoms with Gasteiger partial charge in [0.25, 0.3) is 0 Å². The fraction of sp³-hybridized carbons (Fsp3) is 0.500. The third-order valence-corrected chi connectivity index (χ3v) is 3.55. The lowest BCUT2D eigenvalue weighted by Gasteiger charge is -2.23. The molecule has 2 heterocycles. The summed E-state index contributed by atoms with van der Waals surface area (Å²) in [7, 11) is 0. The Morgan fingerprint density at radius 3 is 3.12 bits per heavy atom. The smallest absolute Gasteiger partial charge is 0.0410 e. The molecule has 1 aromatic heterocycles. The topological polar surface area (TPSA) is 24.9 Å².